The van der Waals surface area contributed by atoms with E-state index in [1.807, 2.05) is 35.9 Å². The van der Waals surface area contributed by atoms with Crippen molar-refractivity contribution < 1.29 is 9.42 Å². The van der Waals surface area contributed by atoms with E-state index in [1.54, 1.807) is 6.20 Å². The van der Waals surface area contributed by atoms with Crippen LogP contribution in [-0.4, -0.2) is 31.6 Å². The number of imidazole rings is 1. The summed E-state index contributed by atoms with van der Waals surface area (Å²) in [5, 5.41) is 4.08. The van der Waals surface area contributed by atoms with Crippen molar-refractivity contribution in [3.05, 3.63) is 53.1 Å². The van der Waals surface area contributed by atoms with E-state index < -0.39 is 0 Å². The molecular formula is C20H22ClN6O+. The lowest BCUT2D eigenvalue weighted by molar-refractivity contribution is -0.747. The van der Waals surface area contributed by atoms with Crippen LogP contribution in [0.3, 0.4) is 0 Å². The first-order valence-electron chi connectivity index (χ1n) is 9.16. The molecule has 2 N–H and O–H groups in total. The number of halogens is 1. The number of hydrogen-bond acceptors (Lipinski definition) is 4. The molecule has 0 bridgehead atoms. The molecule has 0 spiro atoms. The molecule has 0 aliphatic carbocycles. The fraction of sp³-hybridized carbons (Fsp3) is 0.300. The number of benzene rings is 1. The van der Waals surface area contributed by atoms with Crippen molar-refractivity contribution in [1.29, 1.82) is 0 Å². The average Bonchev–Trinajstić information content (AvgIpc) is 3.24. The van der Waals surface area contributed by atoms with Gasteiger partial charge in [0, 0.05) is 18.0 Å². The van der Waals surface area contributed by atoms with Crippen LogP contribution >= 0.6 is 11.6 Å². The van der Waals surface area contributed by atoms with Crippen molar-refractivity contribution in [3.63, 3.8) is 0 Å². The highest BCUT2D eigenvalue weighted by atomic mass is 35.5. The predicted octanol–water partition coefficient (Wildman–Crippen LogP) is 3.68. The molecule has 8 heteroatoms. The number of ether oxygens (including phenoxy) is 1. The summed E-state index contributed by atoms with van der Waals surface area (Å²) in [6.45, 7) is 7.57. The van der Waals surface area contributed by atoms with Crippen molar-refractivity contribution in [3.8, 4) is 17.3 Å². The maximum Gasteiger partial charge on any atom is 0.205 e. The smallest absolute Gasteiger partial charge is 0.205 e. The topological polar surface area (TPSA) is 83.4 Å². The van der Waals surface area contributed by atoms with Gasteiger partial charge in [0.1, 0.15) is 23.3 Å². The number of fused-ring (bicyclic) bond motifs is 1. The molecule has 3 heterocycles. The van der Waals surface area contributed by atoms with Gasteiger partial charge in [0.2, 0.25) is 12.2 Å². The summed E-state index contributed by atoms with van der Waals surface area (Å²) >= 11 is 6.23. The van der Waals surface area contributed by atoms with Crippen LogP contribution in [0.15, 0.2) is 36.8 Å². The van der Waals surface area contributed by atoms with E-state index in [9.17, 15) is 0 Å². The Morgan fingerprint density at radius 3 is 2.89 bits per heavy atom. The summed E-state index contributed by atoms with van der Waals surface area (Å²) < 4.78 is 8.02. The monoisotopic (exact) mass is 397 g/mol. The SMILES string of the molecule is Cc1cc(-c2nc3ncncc3[nH]2)[nH][n+]1Cc1cc(Cl)ccc1OCC(C)C. The molecule has 0 fully saturated rings. The standard InChI is InChI=1S/C20H21ClN6O/c1-12(2)10-28-18-5-4-15(21)7-14(18)9-27-13(3)6-16(26-27)20-24-17-8-22-11-23-19(17)25-20/h4-8,11-12H,9-10H2,1-3H3,(H,22,23,24,25,26)/p+1. The van der Waals surface area contributed by atoms with E-state index in [4.69, 9.17) is 16.3 Å². The minimum atomic E-state index is 0.450. The number of aryl methyl sites for hydroxylation is 1. The Bertz CT molecular complexity index is 1080. The van der Waals surface area contributed by atoms with Gasteiger partial charge in [0.25, 0.3) is 0 Å². The van der Waals surface area contributed by atoms with E-state index in [1.165, 1.54) is 6.33 Å². The predicted molar refractivity (Wildman–Crippen MR) is 107 cm³/mol. The number of H-pyrrole nitrogens is 2. The molecule has 0 saturated heterocycles. The summed E-state index contributed by atoms with van der Waals surface area (Å²) in [5.41, 5.74) is 4.40. The number of aromatic nitrogens is 6. The van der Waals surface area contributed by atoms with E-state index >= 15 is 0 Å². The first kappa shape index (κ1) is 18.4. The van der Waals surface area contributed by atoms with Gasteiger partial charge in [-0.05, 0) is 24.1 Å². The zero-order chi connectivity index (χ0) is 19.7. The Kier molecular flexibility index (Phi) is 5.00. The lowest BCUT2D eigenvalue weighted by atomic mass is 10.2. The molecule has 0 saturated carbocycles. The molecule has 144 valence electrons. The van der Waals surface area contributed by atoms with Gasteiger partial charge in [-0.25, -0.2) is 15.0 Å². The van der Waals surface area contributed by atoms with Gasteiger partial charge < -0.3 is 9.72 Å². The Labute approximate surface area is 167 Å². The van der Waals surface area contributed by atoms with Gasteiger partial charge in [0.15, 0.2) is 11.5 Å². The molecule has 0 atom stereocenters. The van der Waals surface area contributed by atoms with Crippen LogP contribution in [0.5, 0.6) is 5.75 Å². The van der Waals surface area contributed by atoms with Crippen LogP contribution in [0.4, 0.5) is 0 Å². The summed E-state index contributed by atoms with van der Waals surface area (Å²) in [7, 11) is 0. The largest absolute Gasteiger partial charge is 0.493 e. The highest BCUT2D eigenvalue weighted by Crippen LogP contribution is 2.24. The van der Waals surface area contributed by atoms with E-state index in [0.29, 0.717) is 29.7 Å². The third kappa shape index (κ3) is 3.84. The van der Waals surface area contributed by atoms with Gasteiger partial charge in [-0.3, -0.25) is 0 Å². The molecule has 0 amide bonds. The normalized spacial score (nSPS) is 11.5. The van der Waals surface area contributed by atoms with Gasteiger partial charge in [-0.2, -0.15) is 5.10 Å². The molecular weight excluding hydrogens is 376 g/mol. The van der Waals surface area contributed by atoms with Gasteiger partial charge >= 0.3 is 0 Å². The molecule has 4 rings (SSSR count). The van der Waals surface area contributed by atoms with Gasteiger partial charge in [0.05, 0.1) is 18.4 Å². The van der Waals surface area contributed by atoms with Crippen molar-refractivity contribution in [2.24, 2.45) is 5.92 Å². The summed E-state index contributed by atoms with van der Waals surface area (Å²) in [5.74, 6) is 2.02. The highest BCUT2D eigenvalue weighted by Gasteiger charge is 2.19. The molecule has 0 aliphatic rings. The molecule has 28 heavy (non-hydrogen) atoms. The maximum absolute atomic E-state index is 6.23. The Morgan fingerprint density at radius 1 is 1.25 bits per heavy atom. The molecule has 0 aliphatic heterocycles. The minimum Gasteiger partial charge on any atom is -0.493 e. The third-order valence-corrected chi connectivity index (χ3v) is 4.61. The fourth-order valence-electron chi connectivity index (χ4n) is 2.97. The van der Waals surface area contributed by atoms with E-state index in [2.05, 4.69) is 38.9 Å². The molecule has 0 unspecified atom stereocenters. The summed E-state index contributed by atoms with van der Waals surface area (Å²) in [6, 6.07) is 7.77. The second kappa shape index (κ2) is 7.59. The van der Waals surface area contributed by atoms with Crippen LogP contribution in [-0.2, 0) is 6.54 Å². The Hall–Kier alpha value is -2.93. The second-order valence-electron chi connectivity index (χ2n) is 7.20. The van der Waals surface area contributed by atoms with E-state index in [-0.39, 0.29) is 0 Å². The molecule has 0 radical (unpaired) electrons. The Balaban J connectivity index is 1.63. The first-order valence-corrected chi connectivity index (χ1v) is 9.54. The number of aromatic amines is 2. The molecule has 7 nitrogen and oxygen atoms in total. The number of rotatable bonds is 6. The quantitative estimate of drug-likeness (QED) is 0.486. The first-order chi connectivity index (χ1) is 13.5. The highest BCUT2D eigenvalue weighted by molar-refractivity contribution is 6.30. The zero-order valence-electron chi connectivity index (χ0n) is 16.0. The van der Waals surface area contributed by atoms with Crippen LogP contribution in [0.1, 0.15) is 25.1 Å². The average molecular weight is 398 g/mol. The third-order valence-electron chi connectivity index (χ3n) is 4.37. The minimum absolute atomic E-state index is 0.450. The van der Waals surface area contributed by atoms with Crippen molar-refractivity contribution in [2.45, 2.75) is 27.3 Å². The van der Waals surface area contributed by atoms with Crippen LogP contribution in [0.2, 0.25) is 5.02 Å². The fourth-order valence-corrected chi connectivity index (χ4v) is 3.16. The van der Waals surface area contributed by atoms with E-state index in [0.717, 1.165) is 34.0 Å². The van der Waals surface area contributed by atoms with Crippen molar-refractivity contribution in [1.82, 2.24) is 25.0 Å². The maximum atomic E-state index is 6.23. The number of nitrogens with zero attached hydrogens (tertiary/aromatic N) is 4. The molecule has 1 aromatic carbocycles. The molecule has 4 aromatic rings. The van der Waals surface area contributed by atoms with Crippen LogP contribution in [0.25, 0.3) is 22.7 Å². The summed E-state index contributed by atoms with van der Waals surface area (Å²) in [4.78, 5) is 16.0. The lowest BCUT2D eigenvalue weighted by Crippen LogP contribution is -2.39. The lowest BCUT2D eigenvalue weighted by Gasteiger charge is -2.12. The molecule has 3 aromatic heterocycles. The summed E-state index contributed by atoms with van der Waals surface area (Å²) in [6.07, 6.45) is 3.21. The van der Waals surface area contributed by atoms with Crippen LogP contribution < -0.4 is 9.42 Å². The van der Waals surface area contributed by atoms with Crippen molar-refractivity contribution in [2.75, 3.05) is 6.61 Å². The second-order valence-corrected chi connectivity index (χ2v) is 7.64. The Morgan fingerprint density at radius 2 is 2.11 bits per heavy atom. The van der Waals surface area contributed by atoms with Gasteiger partial charge in [-0.1, -0.05) is 25.4 Å². The number of nitrogens with one attached hydrogen (secondary N) is 2. The van der Waals surface area contributed by atoms with Crippen LogP contribution in [0, 0.1) is 12.8 Å². The number of hydrogen-bond donors (Lipinski definition) is 2. The zero-order valence-corrected chi connectivity index (χ0v) is 16.8. The van der Waals surface area contributed by atoms with Gasteiger partial charge in [-0.15, -0.1) is 4.68 Å². The van der Waals surface area contributed by atoms with Crippen molar-refractivity contribution >= 4 is 22.8 Å².